The topological polar surface area (TPSA) is 57.6 Å². The van der Waals surface area contributed by atoms with E-state index in [0.717, 1.165) is 18.4 Å². The molecule has 0 radical (unpaired) electrons. The highest BCUT2D eigenvalue weighted by atomic mass is 16.3. The van der Waals surface area contributed by atoms with Crippen molar-refractivity contribution in [2.24, 2.45) is 0 Å². The molecular weight excluding hydrogens is 242 g/mol. The monoisotopic (exact) mass is 261 g/mol. The molecule has 0 heterocycles. The number of amides is 1. The highest BCUT2D eigenvalue weighted by molar-refractivity contribution is 5.96. The largest absolute Gasteiger partial charge is 0.508 e. The van der Waals surface area contributed by atoms with Crippen LogP contribution in [0.4, 0.5) is 0 Å². The third kappa shape index (κ3) is 2.95. The van der Waals surface area contributed by atoms with E-state index in [-0.39, 0.29) is 23.5 Å². The second-order valence-electron chi connectivity index (χ2n) is 5.19. The van der Waals surface area contributed by atoms with Gasteiger partial charge in [-0.15, -0.1) is 0 Å². The number of carbonyl (C=O) groups is 2. The molecule has 1 saturated carbocycles. The summed E-state index contributed by atoms with van der Waals surface area (Å²) in [5.74, 6) is 0.412. The molecule has 102 valence electrons. The number of ketones is 1. The standard InChI is InChI=1S/C15H19NO3/c1-10-9-13(18)7-8-14(10)15(19)16(2)11-3-5-12(17)6-4-11/h7-9,11,18H,3-6H2,1-2H3. The van der Waals surface area contributed by atoms with Crippen molar-refractivity contribution in [2.45, 2.75) is 38.6 Å². The lowest BCUT2D eigenvalue weighted by atomic mass is 9.93. The first-order valence-electron chi connectivity index (χ1n) is 6.57. The third-order valence-corrected chi connectivity index (χ3v) is 3.82. The van der Waals surface area contributed by atoms with Crippen LogP contribution in [0.25, 0.3) is 0 Å². The van der Waals surface area contributed by atoms with E-state index >= 15 is 0 Å². The second kappa shape index (κ2) is 5.43. The van der Waals surface area contributed by atoms with Gasteiger partial charge in [0, 0.05) is 31.5 Å². The minimum absolute atomic E-state index is 0.0446. The van der Waals surface area contributed by atoms with Gasteiger partial charge < -0.3 is 10.0 Å². The van der Waals surface area contributed by atoms with Gasteiger partial charge in [0.05, 0.1) is 0 Å². The zero-order chi connectivity index (χ0) is 14.0. The molecular formula is C15H19NO3. The van der Waals surface area contributed by atoms with Crippen LogP contribution in [0.5, 0.6) is 5.75 Å². The number of aromatic hydroxyl groups is 1. The lowest BCUT2D eigenvalue weighted by molar-refractivity contribution is -0.121. The summed E-state index contributed by atoms with van der Waals surface area (Å²) in [4.78, 5) is 25.4. The van der Waals surface area contributed by atoms with Crippen molar-refractivity contribution in [1.82, 2.24) is 4.90 Å². The maximum atomic E-state index is 12.4. The van der Waals surface area contributed by atoms with E-state index in [1.54, 1.807) is 24.1 Å². The Morgan fingerprint density at radius 3 is 2.53 bits per heavy atom. The number of rotatable bonds is 2. The van der Waals surface area contributed by atoms with Gasteiger partial charge >= 0.3 is 0 Å². The zero-order valence-electron chi connectivity index (χ0n) is 11.3. The van der Waals surface area contributed by atoms with Gasteiger partial charge in [-0.05, 0) is 43.5 Å². The van der Waals surface area contributed by atoms with E-state index in [0.29, 0.717) is 18.4 Å². The van der Waals surface area contributed by atoms with Crippen molar-refractivity contribution < 1.29 is 14.7 Å². The van der Waals surface area contributed by atoms with E-state index in [1.165, 1.54) is 6.07 Å². The normalized spacial score (nSPS) is 16.4. The molecule has 1 aliphatic rings. The van der Waals surface area contributed by atoms with Crippen LogP contribution in [0.3, 0.4) is 0 Å². The molecule has 1 aromatic carbocycles. The smallest absolute Gasteiger partial charge is 0.254 e. The highest BCUT2D eigenvalue weighted by Crippen LogP contribution is 2.23. The van der Waals surface area contributed by atoms with Crippen LogP contribution in [-0.4, -0.2) is 34.8 Å². The molecule has 4 heteroatoms. The Kier molecular flexibility index (Phi) is 3.88. The molecule has 1 aliphatic carbocycles. The van der Waals surface area contributed by atoms with Crippen LogP contribution < -0.4 is 0 Å². The van der Waals surface area contributed by atoms with Gasteiger partial charge in [-0.1, -0.05) is 0 Å². The van der Waals surface area contributed by atoms with Crippen molar-refractivity contribution in [3.63, 3.8) is 0 Å². The quantitative estimate of drug-likeness (QED) is 0.888. The first-order valence-corrected chi connectivity index (χ1v) is 6.57. The van der Waals surface area contributed by atoms with Crippen molar-refractivity contribution >= 4 is 11.7 Å². The van der Waals surface area contributed by atoms with Gasteiger partial charge in [-0.25, -0.2) is 0 Å². The Morgan fingerprint density at radius 1 is 1.32 bits per heavy atom. The van der Waals surface area contributed by atoms with Gasteiger partial charge in [0.25, 0.3) is 5.91 Å². The molecule has 4 nitrogen and oxygen atoms in total. The summed E-state index contributed by atoms with van der Waals surface area (Å²) in [5, 5.41) is 9.37. The minimum atomic E-state index is -0.0446. The van der Waals surface area contributed by atoms with Gasteiger partial charge in [0.1, 0.15) is 11.5 Å². The molecule has 0 spiro atoms. The summed E-state index contributed by atoms with van der Waals surface area (Å²) >= 11 is 0. The molecule has 1 fully saturated rings. The molecule has 0 aromatic heterocycles. The van der Waals surface area contributed by atoms with Crippen LogP contribution in [0, 0.1) is 6.92 Å². The molecule has 0 bridgehead atoms. The number of Topliss-reactive ketones (excluding diaryl/α,β-unsaturated/α-hetero) is 1. The van der Waals surface area contributed by atoms with Gasteiger partial charge in [0.2, 0.25) is 0 Å². The zero-order valence-corrected chi connectivity index (χ0v) is 11.3. The molecule has 19 heavy (non-hydrogen) atoms. The minimum Gasteiger partial charge on any atom is -0.508 e. The first kappa shape index (κ1) is 13.6. The summed E-state index contributed by atoms with van der Waals surface area (Å²) in [6.07, 6.45) is 2.63. The average molecular weight is 261 g/mol. The maximum Gasteiger partial charge on any atom is 0.254 e. The Bertz CT molecular complexity index is 500. The van der Waals surface area contributed by atoms with Crippen LogP contribution in [0.2, 0.25) is 0 Å². The van der Waals surface area contributed by atoms with Crippen molar-refractivity contribution in [3.05, 3.63) is 29.3 Å². The van der Waals surface area contributed by atoms with Crippen molar-refractivity contribution in [1.29, 1.82) is 0 Å². The molecule has 2 rings (SSSR count). The number of aryl methyl sites for hydroxylation is 1. The number of phenolic OH excluding ortho intramolecular Hbond substituents is 1. The van der Waals surface area contributed by atoms with E-state index in [1.807, 2.05) is 6.92 Å². The van der Waals surface area contributed by atoms with Crippen LogP contribution in [0.15, 0.2) is 18.2 Å². The lowest BCUT2D eigenvalue weighted by Crippen LogP contribution is -2.39. The first-order chi connectivity index (χ1) is 8.99. The van der Waals surface area contributed by atoms with Crippen molar-refractivity contribution in [2.75, 3.05) is 7.05 Å². The Balaban J connectivity index is 2.12. The number of hydrogen-bond acceptors (Lipinski definition) is 3. The highest BCUT2D eigenvalue weighted by Gasteiger charge is 2.26. The van der Waals surface area contributed by atoms with Gasteiger partial charge in [0.15, 0.2) is 0 Å². The molecule has 1 amide bonds. The molecule has 0 unspecified atom stereocenters. The fraction of sp³-hybridized carbons (Fsp3) is 0.467. The molecule has 1 N–H and O–H groups in total. The Morgan fingerprint density at radius 2 is 1.95 bits per heavy atom. The number of nitrogens with zero attached hydrogens (tertiary/aromatic N) is 1. The summed E-state index contributed by atoms with van der Waals surface area (Å²) in [5.41, 5.74) is 1.38. The number of hydrogen-bond donors (Lipinski definition) is 1. The van der Waals surface area contributed by atoms with E-state index in [4.69, 9.17) is 0 Å². The van der Waals surface area contributed by atoms with E-state index in [2.05, 4.69) is 0 Å². The summed E-state index contributed by atoms with van der Waals surface area (Å²) in [6, 6.07) is 4.90. The number of carbonyl (C=O) groups excluding carboxylic acids is 2. The van der Waals surface area contributed by atoms with Gasteiger partial charge in [-0.3, -0.25) is 9.59 Å². The Hall–Kier alpha value is -1.84. The fourth-order valence-corrected chi connectivity index (χ4v) is 2.56. The molecule has 0 saturated heterocycles. The summed E-state index contributed by atoms with van der Waals surface area (Å²) in [6.45, 7) is 1.81. The number of benzene rings is 1. The molecule has 1 aromatic rings. The average Bonchev–Trinajstić information content (AvgIpc) is 2.38. The SMILES string of the molecule is Cc1cc(O)ccc1C(=O)N(C)C1CCC(=O)CC1. The fourth-order valence-electron chi connectivity index (χ4n) is 2.56. The van der Waals surface area contributed by atoms with Crippen LogP contribution in [0.1, 0.15) is 41.6 Å². The molecule has 0 atom stereocenters. The second-order valence-corrected chi connectivity index (χ2v) is 5.19. The van der Waals surface area contributed by atoms with E-state index in [9.17, 15) is 14.7 Å². The predicted molar refractivity (Wildman–Crippen MR) is 72.2 cm³/mol. The van der Waals surface area contributed by atoms with E-state index < -0.39 is 0 Å². The lowest BCUT2D eigenvalue weighted by Gasteiger charge is -2.31. The van der Waals surface area contributed by atoms with Gasteiger partial charge in [-0.2, -0.15) is 0 Å². The van der Waals surface area contributed by atoms with Crippen molar-refractivity contribution in [3.8, 4) is 5.75 Å². The van der Waals surface area contributed by atoms with Crippen LogP contribution >= 0.6 is 0 Å². The maximum absolute atomic E-state index is 12.4. The molecule has 0 aliphatic heterocycles. The summed E-state index contributed by atoms with van der Waals surface area (Å²) < 4.78 is 0. The third-order valence-electron chi connectivity index (χ3n) is 3.82. The predicted octanol–water partition coefficient (Wildman–Crippen LogP) is 2.28. The van der Waals surface area contributed by atoms with Crippen LogP contribution in [-0.2, 0) is 4.79 Å². The number of phenols is 1. The summed E-state index contributed by atoms with van der Waals surface area (Å²) in [7, 11) is 1.79. The Labute approximate surface area is 113 Å².